The van der Waals surface area contributed by atoms with Crippen molar-refractivity contribution < 1.29 is 8.42 Å². The zero-order valence-corrected chi connectivity index (χ0v) is 12.9. The third-order valence-corrected chi connectivity index (χ3v) is 6.38. The van der Waals surface area contributed by atoms with E-state index >= 15 is 0 Å². The number of nitrogen functional groups attached to an aromatic ring is 1. The number of aromatic nitrogens is 1. The molecule has 2 heterocycles. The van der Waals surface area contributed by atoms with Crippen LogP contribution in [0.3, 0.4) is 0 Å². The van der Waals surface area contributed by atoms with Gasteiger partial charge in [0.25, 0.3) is 10.0 Å². The molecule has 104 valence electrons. The van der Waals surface area contributed by atoms with Crippen molar-refractivity contribution >= 4 is 54.3 Å². The Hall–Kier alpha value is -1.64. The molecule has 0 bridgehead atoms. The first kappa shape index (κ1) is 13.3. The van der Waals surface area contributed by atoms with E-state index in [1.54, 1.807) is 23.6 Å². The highest BCUT2D eigenvalue weighted by molar-refractivity contribution is 7.94. The van der Waals surface area contributed by atoms with Gasteiger partial charge in [0, 0.05) is 11.1 Å². The van der Waals surface area contributed by atoms with Gasteiger partial charge in [-0.25, -0.2) is 13.4 Å². The third-order valence-electron chi connectivity index (χ3n) is 2.61. The average Bonchev–Trinajstić information content (AvgIpc) is 2.93. The van der Waals surface area contributed by atoms with Gasteiger partial charge in [0.1, 0.15) is 4.21 Å². The minimum Gasteiger partial charge on any atom is -0.398 e. The predicted octanol–water partition coefficient (Wildman–Crippen LogP) is 3.05. The number of benzene rings is 1. The normalized spacial score (nSPS) is 11.8. The van der Waals surface area contributed by atoms with Gasteiger partial charge in [0.2, 0.25) is 0 Å². The van der Waals surface area contributed by atoms with E-state index in [-0.39, 0.29) is 4.21 Å². The van der Waals surface area contributed by atoms with Crippen LogP contribution in [0.15, 0.2) is 33.9 Å². The number of aryl methyl sites for hydroxylation is 1. The molecule has 2 aromatic heterocycles. The van der Waals surface area contributed by atoms with Crippen molar-refractivity contribution in [1.82, 2.24) is 4.98 Å². The standard InChI is InChI=1S/C12H11N3O2S3/c1-7-14-10-3-2-9(5-11(10)19-7)15-20(16,17)12-4-8(13)6-18-12/h2-6,15H,13H2,1H3. The summed E-state index contributed by atoms with van der Waals surface area (Å²) in [6.07, 6.45) is 0. The Labute approximate surface area is 124 Å². The van der Waals surface area contributed by atoms with Crippen LogP contribution in [-0.4, -0.2) is 13.4 Å². The Morgan fingerprint density at radius 3 is 2.80 bits per heavy atom. The van der Waals surface area contributed by atoms with Gasteiger partial charge in [-0.3, -0.25) is 4.72 Å². The summed E-state index contributed by atoms with van der Waals surface area (Å²) in [5, 5.41) is 2.55. The molecule has 0 atom stereocenters. The Morgan fingerprint density at radius 2 is 2.10 bits per heavy atom. The second-order valence-electron chi connectivity index (χ2n) is 4.22. The minimum atomic E-state index is -3.58. The van der Waals surface area contributed by atoms with E-state index in [0.717, 1.165) is 26.6 Å². The number of rotatable bonds is 3. The maximum atomic E-state index is 12.2. The summed E-state index contributed by atoms with van der Waals surface area (Å²) in [4.78, 5) is 4.34. The third kappa shape index (κ3) is 2.49. The molecule has 1 aromatic carbocycles. The summed E-state index contributed by atoms with van der Waals surface area (Å²) in [6.45, 7) is 1.92. The van der Waals surface area contributed by atoms with Crippen LogP contribution in [0.1, 0.15) is 5.01 Å². The molecule has 3 rings (SSSR count). The quantitative estimate of drug-likeness (QED) is 0.775. The first-order chi connectivity index (χ1) is 9.44. The van der Waals surface area contributed by atoms with Crippen molar-refractivity contribution in [3.63, 3.8) is 0 Å². The number of anilines is 2. The van der Waals surface area contributed by atoms with Crippen LogP contribution in [-0.2, 0) is 10.0 Å². The largest absolute Gasteiger partial charge is 0.398 e. The SMILES string of the molecule is Cc1nc2ccc(NS(=O)(=O)c3cc(N)cs3)cc2s1. The highest BCUT2D eigenvalue weighted by Gasteiger charge is 2.16. The molecule has 0 spiro atoms. The molecular formula is C12H11N3O2S3. The number of thiophene rings is 1. The van der Waals surface area contributed by atoms with Gasteiger partial charge in [-0.2, -0.15) is 0 Å². The number of nitrogens with zero attached hydrogens (tertiary/aromatic N) is 1. The van der Waals surface area contributed by atoms with Gasteiger partial charge >= 0.3 is 0 Å². The molecule has 0 fully saturated rings. The lowest BCUT2D eigenvalue weighted by atomic mass is 10.3. The van der Waals surface area contributed by atoms with Crippen LogP contribution >= 0.6 is 22.7 Å². The van der Waals surface area contributed by atoms with Crippen LogP contribution in [0.5, 0.6) is 0 Å². The molecular weight excluding hydrogens is 314 g/mol. The lowest BCUT2D eigenvalue weighted by Crippen LogP contribution is -2.11. The fourth-order valence-electron chi connectivity index (χ4n) is 1.78. The summed E-state index contributed by atoms with van der Waals surface area (Å²) >= 11 is 2.63. The van der Waals surface area contributed by atoms with Gasteiger partial charge in [-0.15, -0.1) is 22.7 Å². The van der Waals surface area contributed by atoms with E-state index in [4.69, 9.17) is 5.73 Å². The van der Waals surface area contributed by atoms with Gasteiger partial charge in [0.15, 0.2) is 0 Å². The number of nitrogens with two attached hydrogens (primary N) is 1. The molecule has 0 aliphatic rings. The lowest BCUT2D eigenvalue weighted by Gasteiger charge is -2.05. The maximum absolute atomic E-state index is 12.2. The first-order valence-electron chi connectivity index (χ1n) is 5.68. The number of hydrogen-bond donors (Lipinski definition) is 2. The highest BCUT2D eigenvalue weighted by atomic mass is 32.2. The van der Waals surface area contributed by atoms with Crippen molar-refractivity contribution in [3.8, 4) is 0 Å². The van der Waals surface area contributed by atoms with Gasteiger partial charge in [-0.05, 0) is 31.2 Å². The Balaban J connectivity index is 1.96. The zero-order chi connectivity index (χ0) is 14.3. The molecule has 0 aliphatic carbocycles. The van der Waals surface area contributed by atoms with Crippen LogP contribution in [0.4, 0.5) is 11.4 Å². The average molecular weight is 325 g/mol. The van der Waals surface area contributed by atoms with E-state index in [1.807, 2.05) is 6.92 Å². The Morgan fingerprint density at radius 1 is 1.30 bits per heavy atom. The van der Waals surface area contributed by atoms with Gasteiger partial charge < -0.3 is 5.73 Å². The van der Waals surface area contributed by atoms with E-state index in [9.17, 15) is 8.42 Å². The fraction of sp³-hybridized carbons (Fsp3) is 0.0833. The van der Waals surface area contributed by atoms with Crippen molar-refractivity contribution in [1.29, 1.82) is 0 Å². The van der Waals surface area contributed by atoms with Gasteiger partial charge in [0.05, 0.1) is 20.9 Å². The molecule has 3 N–H and O–H groups in total. The fourth-order valence-corrected chi connectivity index (χ4v) is 4.78. The second kappa shape index (κ2) is 4.72. The second-order valence-corrected chi connectivity index (χ2v) is 8.28. The monoisotopic (exact) mass is 325 g/mol. The number of thiazole rings is 1. The molecule has 0 unspecified atom stereocenters. The zero-order valence-electron chi connectivity index (χ0n) is 10.5. The number of hydrogen-bond acceptors (Lipinski definition) is 6. The first-order valence-corrected chi connectivity index (χ1v) is 8.86. The van der Waals surface area contributed by atoms with Crippen LogP contribution in [0.2, 0.25) is 0 Å². The highest BCUT2D eigenvalue weighted by Crippen LogP contribution is 2.28. The lowest BCUT2D eigenvalue weighted by molar-refractivity contribution is 0.603. The maximum Gasteiger partial charge on any atom is 0.271 e. The summed E-state index contributed by atoms with van der Waals surface area (Å²) < 4.78 is 28.1. The molecule has 0 radical (unpaired) electrons. The molecule has 0 saturated heterocycles. The Bertz CT molecular complexity index is 880. The predicted molar refractivity (Wildman–Crippen MR) is 83.9 cm³/mol. The van der Waals surface area contributed by atoms with Crippen molar-refractivity contribution in [2.24, 2.45) is 0 Å². The number of fused-ring (bicyclic) bond motifs is 1. The van der Waals surface area contributed by atoms with Crippen LogP contribution < -0.4 is 10.5 Å². The molecule has 0 saturated carbocycles. The summed E-state index contributed by atoms with van der Waals surface area (Å²) in [5.41, 5.74) is 7.40. The van der Waals surface area contributed by atoms with Crippen LogP contribution in [0, 0.1) is 6.92 Å². The number of nitrogens with one attached hydrogen (secondary N) is 1. The molecule has 0 aliphatic heterocycles. The summed E-state index contributed by atoms with van der Waals surface area (Å²) in [7, 11) is -3.58. The molecule has 8 heteroatoms. The van der Waals surface area contributed by atoms with E-state index in [1.165, 1.54) is 17.4 Å². The minimum absolute atomic E-state index is 0.204. The van der Waals surface area contributed by atoms with E-state index in [2.05, 4.69) is 9.71 Å². The van der Waals surface area contributed by atoms with Crippen molar-refractivity contribution in [3.05, 3.63) is 34.7 Å². The topological polar surface area (TPSA) is 85.1 Å². The molecule has 0 amide bonds. The number of sulfonamides is 1. The van der Waals surface area contributed by atoms with Gasteiger partial charge in [-0.1, -0.05) is 0 Å². The van der Waals surface area contributed by atoms with Crippen molar-refractivity contribution in [2.45, 2.75) is 11.1 Å². The van der Waals surface area contributed by atoms with Crippen molar-refractivity contribution in [2.75, 3.05) is 10.5 Å². The van der Waals surface area contributed by atoms with Crippen LogP contribution in [0.25, 0.3) is 10.2 Å². The Kier molecular flexibility index (Phi) is 3.15. The summed E-state index contributed by atoms with van der Waals surface area (Å²) in [5.74, 6) is 0. The summed E-state index contributed by atoms with van der Waals surface area (Å²) in [6, 6.07) is 6.74. The molecule has 5 nitrogen and oxygen atoms in total. The molecule has 3 aromatic rings. The van der Waals surface area contributed by atoms with E-state index < -0.39 is 10.0 Å². The smallest absolute Gasteiger partial charge is 0.271 e. The van der Waals surface area contributed by atoms with E-state index in [0.29, 0.717) is 11.4 Å². The molecule has 20 heavy (non-hydrogen) atoms.